The molecule has 126 valence electrons. The minimum Gasteiger partial charge on any atom is -0.398 e. The number of hydrogen-bond donors (Lipinski definition) is 1. The topological polar surface area (TPSA) is 26.0 Å². The number of benzene rings is 4. The molecule has 0 aliphatic carbocycles. The predicted molar refractivity (Wildman–Crippen MR) is 112 cm³/mol. The first-order chi connectivity index (χ1) is 12.8. The molecule has 0 saturated heterocycles. The Kier molecular flexibility index (Phi) is 4.28. The quantitative estimate of drug-likeness (QED) is 0.421. The highest BCUT2D eigenvalue weighted by atomic mass is 14.6. The molecule has 0 aliphatic heterocycles. The molecule has 0 heterocycles. The van der Waals surface area contributed by atoms with Gasteiger partial charge in [0.25, 0.3) is 0 Å². The summed E-state index contributed by atoms with van der Waals surface area (Å²) in [6, 6.07) is 33.7. The summed E-state index contributed by atoms with van der Waals surface area (Å²) in [5, 5.41) is 0. The lowest BCUT2D eigenvalue weighted by Gasteiger charge is -2.20. The van der Waals surface area contributed by atoms with Crippen LogP contribution < -0.4 is 5.73 Å². The van der Waals surface area contributed by atoms with Crippen LogP contribution in [0, 0.1) is 6.92 Å². The first-order valence-electron chi connectivity index (χ1n) is 8.85. The highest BCUT2D eigenvalue weighted by Gasteiger charge is 2.18. The standard InChI is InChI=1S/C25H21N/c1-18-23(26)17-22(19-11-5-2-6-12-19)25(21-15-9-4-10-16-21)24(18)20-13-7-3-8-14-20/h2-17H,26H2,1H3. The Bertz CT molecular complexity index is 1020. The Morgan fingerprint density at radius 3 is 1.46 bits per heavy atom. The summed E-state index contributed by atoms with van der Waals surface area (Å²) >= 11 is 0. The van der Waals surface area contributed by atoms with E-state index in [0.717, 1.165) is 11.3 Å². The van der Waals surface area contributed by atoms with Crippen molar-refractivity contribution in [2.45, 2.75) is 6.92 Å². The number of anilines is 1. The fourth-order valence-electron chi connectivity index (χ4n) is 3.52. The Morgan fingerprint density at radius 2 is 0.962 bits per heavy atom. The Morgan fingerprint density at radius 1 is 0.538 bits per heavy atom. The molecule has 0 saturated carbocycles. The van der Waals surface area contributed by atoms with Crippen LogP contribution in [0.3, 0.4) is 0 Å². The third-order valence-electron chi connectivity index (χ3n) is 4.84. The molecule has 26 heavy (non-hydrogen) atoms. The second-order valence-electron chi connectivity index (χ2n) is 6.49. The molecule has 1 heteroatoms. The molecular weight excluding hydrogens is 314 g/mol. The van der Waals surface area contributed by atoms with Crippen molar-refractivity contribution in [3.8, 4) is 33.4 Å². The summed E-state index contributed by atoms with van der Waals surface area (Å²) in [5.74, 6) is 0. The van der Waals surface area contributed by atoms with Crippen molar-refractivity contribution in [1.82, 2.24) is 0 Å². The van der Waals surface area contributed by atoms with Gasteiger partial charge >= 0.3 is 0 Å². The van der Waals surface area contributed by atoms with Crippen LogP contribution >= 0.6 is 0 Å². The zero-order chi connectivity index (χ0) is 17.9. The van der Waals surface area contributed by atoms with E-state index in [4.69, 9.17) is 5.73 Å². The van der Waals surface area contributed by atoms with E-state index in [1.54, 1.807) is 0 Å². The van der Waals surface area contributed by atoms with E-state index in [9.17, 15) is 0 Å². The lowest BCUT2D eigenvalue weighted by Crippen LogP contribution is -1.99. The summed E-state index contributed by atoms with van der Waals surface area (Å²) in [6.45, 7) is 2.11. The van der Waals surface area contributed by atoms with Gasteiger partial charge in [0.15, 0.2) is 0 Å². The van der Waals surface area contributed by atoms with Crippen molar-refractivity contribution in [2.24, 2.45) is 0 Å². The van der Waals surface area contributed by atoms with E-state index < -0.39 is 0 Å². The van der Waals surface area contributed by atoms with Crippen molar-refractivity contribution >= 4 is 5.69 Å². The lowest BCUT2D eigenvalue weighted by molar-refractivity contribution is 1.44. The van der Waals surface area contributed by atoms with Crippen molar-refractivity contribution < 1.29 is 0 Å². The fraction of sp³-hybridized carbons (Fsp3) is 0.0400. The lowest BCUT2D eigenvalue weighted by atomic mass is 9.84. The first-order valence-corrected chi connectivity index (χ1v) is 8.85. The van der Waals surface area contributed by atoms with Gasteiger partial charge in [0, 0.05) is 5.69 Å². The van der Waals surface area contributed by atoms with Gasteiger partial charge in [-0.3, -0.25) is 0 Å². The molecule has 0 aliphatic rings. The molecule has 0 bridgehead atoms. The average Bonchev–Trinajstić information content (AvgIpc) is 2.71. The molecule has 0 fully saturated rings. The van der Waals surface area contributed by atoms with Crippen molar-refractivity contribution in [2.75, 3.05) is 5.73 Å². The minimum atomic E-state index is 0.822. The van der Waals surface area contributed by atoms with Crippen LogP contribution in [0.2, 0.25) is 0 Å². The van der Waals surface area contributed by atoms with Crippen molar-refractivity contribution in [3.05, 3.63) is 103 Å². The second-order valence-corrected chi connectivity index (χ2v) is 6.49. The second kappa shape index (κ2) is 6.89. The van der Waals surface area contributed by atoms with Crippen LogP contribution in [0.1, 0.15) is 5.56 Å². The molecule has 0 atom stereocenters. The third-order valence-corrected chi connectivity index (χ3v) is 4.84. The van der Waals surface area contributed by atoms with E-state index >= 15 is 0 Å². The Balaban J connectivity index is 2.12. The maximum Gasteiger partial charge on any atom is 0.0356 e. The molecule has 0 radical (unpaired) electrons. The number of nitrogens with two attached hydrogens (primary N) is 1. The van der Waals surface area contributed by atoms with E-state index in [-0.39, 0.29) is 0 Å². The molecule has 4 aromatic rings. The van der Waals surface area contributed by atoms with Crippen molar-refractivity contribution in [3.63, 3.8) is 0 Å². The Labute approximate surface area is 154 Å². The molecule has 0 aromatic heterocycles. The van der Waals surface area contributed by atoms with Gasteiger partial charge in [0.1, 0.15) is 0 Å². The average molecular weight is 335 g/mol. The minimum absolute atomic E-state index is 0.822. The van der Waals surface area contributed by atoms with Crippen molar-refractivity contribution in [1.29, 1.82) is 0 Å². The molecule has 2 N–H and O–H groups in total. The summed E-state index contributed by atoms with van der Waals surface area (Å²) in [7, 11) is 0. The third kappa shape index (κ3) is 2.89. The van der Waals surface area contributed by atoms with Crippen LogP contribution in [0.5, 0.6) is 0 Å². The van der Waals surface area contributed by atoms with Crippen LogP contribution in [0.25, 0.3) is 33.4 Å². The predicted octanol–water partition coefficient (Wildman–Crippen LogP) is 6.58. The van der Waals surface area contributed by atoms with Crippen LogP contribution in [0.4, 0.5) is 5.69 Å². The van der Waals surface area contributed by atoms with Crippen LogP contribution in [-0.2, 0) is 0 Å². The molecule has 4 aromatic carbocycles. The van der Waals surface area contributed by atoms with E-state index in [1.165, 1.54) is 33.4 Å². The van der Waals surface area contributed by atoms with E-state index in [1.807, 2.05) is 12.1 Å². The van der Waals surface area contributed by atoms with Crippen LogP contribution in [0.15, 0.2) is 97.1 Å². The van der Waals surface area contributed by atoms with E-state index in [0.29, 0.717) is 0 Å². The monoisotopic (exact) mass is 335 g/mol. The number of hydrogen-bond acceptors (Lipinski definition) is 1. The number of nitrogen functional groups attached to an aromatic ring is 1. The molecule has 0 amide bonds. The molecule has 0 spiro atoms. The zero-order valence-electron chi connectivity index (χ0n) is 14.8. The molecule has 4 rings (SSSR count). The van der Waals surface area contributed by atoms with Gasteiger partial charge in [-0.15, -0.1) is 0 Å². The zero-order valence-corrected chi connectivity index (χ0v) is 14.8. The van der Waals surface area contributed by atoms with Gasteiger partial charge in [-0.05, 0) is 51.9 Å². The summed E-state index contributed by atoms with van der Waals surface area (Å²) in [6.07, 6.45) is 0. The number of rotatable bonds is 3. The largest absolute Gasteiger partial charge is 0.398 e. The molecular formula is C25H21N. The van der Waals surface area contributed by atoms with Gasteiger partial charge < -0.3 is 5.73 Å². The summed E-state index contributed by atoms with van der Waals surface area (Å²) in [5.41, 5.74) is 15.6. The molecule has 0 unspecified atom stereocenters. The van der Waals surface area contributed by atoms with Gasteiger partial charge in [-0.2, -0.15) is 0 Å². The van der Waals surface area contributed by atoms with Gasteiger partial charge in [-0.25, -0.2) is 0 Å². The molecule has 1 nitrogen and oxygen atoms in total. The highest BCUT2D eigenvalue weighted by molar-refractivity contribution is 5.98. The fourth-order valence-corrected chi connectivity index (χ4v) is 3.52. The van der Waals surface area contributed by atoms with Gasteiger partial charge in [0.2, 0.25) is 0 Å². The van der Waals surface area contributed by atoms with Crippen LogP contribution in [-0.4, -0.2) is 0 Å². The maximum absolute atomic E-state index is 6.44. The SMILES string of the molecule is Cc1c(N)cc(-c2ccccc2)c(-c2ccccc2)c1-c1ccccc1. The smallest absolute Gasteiger partial charge is 0.0356 e. The summed E-state index contributed by atoms with van der Waals surface area (Å²) < 4.78 is 0. The van der Waals surface area contributed by atoms with Gasteiger partial charge in [-0.1, -0.05) is 91.0 Å². The van der Waals surface area contributed by atoms with E-state index in [2.05, 4.69) is 91.9 Å². The normalized spacial score (nSPS) is 10.7. The Hall–Kier alpha value is -3.32. The maximum atomic E-state index is 6.44. The first kappa shape index (κ1) is 16.2. The summed E-state index contributed by atoms with van der Waals surface area (Å²) in [4.78, 5) is 0. The highest BCUT2D eigenvalue weighted by Crippen LogP contribution is 2.44. The van der Waals surface area contributed by atoms with Gasteiger partial charge in [0.05, 0.1) is 0 Å².